The number of allylic oxidation sites excluding steroid dienone is 12. The number of nitrogens with one attached hydrogen (secondary N) is 1. The van der Waals surface area contributed by atoms with Crippen molar-refractivity contribution in [3.8, 4) is 5.75 Å². The van der Waals surface area contributed by atoms with Crippen molar-refractivity contribution >= 4 is 17.7 Å². The molecule has 284 valence electrons. The van der Waals surface area contributed by atoms with Crippen molar-refractivity contribution in [3.63, 3.8) is 0 Å². The number of aromatic hydroxyl groups is 1. The standard InChI is InChI=1S/C43H59NO8/c1-30(14-8-9-17-32(3)41(52-7)35(6)43(50)51)15-12-20-39(47)29-40(48)21-13-16-31(2)22-23-34(5)44-42(49)33(4)18-10-11-19-38(46)28-36-24-26-37(45)27-25-36/h8-17,21-27,33-35,38-39,41,45-47H,18-20,28-29H2,1-7H3,(H,44,49)(H,50,51)/b9-8+,11-10+,15-12+,21-13+,23-22+,30-14+,31-16+,32-17+. The van der Waals surface area contributed by atoms with Crippen LogP contribution in [0, 0.1) is 11.8 Å². The first-order chi connectivity index (χ1) is 24.6. The van der Waals surface area contributed by atoms with Gasteiger partial charge in [-0.15, -0.1) is 0 Å². The summed E-state index contributed by atoms with van der Waals surface area (Å²) >= 11 is 0. The van der Waals surface area contributed by atoms with E-state index in [2.05, 4.69) is 5.32 Å². The van der Waals surface area contributed by atoms with Crippen molar-refractivity contribution in [2.24, 2.45) is 11.8 Å². The highest BCUT2D eigenvalue weighted by atomic mass is 16.5. The van der Waals surface area contributed by atoms with Gasteiger partial charge in [0, 0.05) is 25.5 Å². The number of amides is 1. The number of ether oxygens (including phenoxy) is 1. The van der Waals surface area contributed by atoms with Crippen LogP contribution in [0.1, 0.15) is 72.8 Å². The number of carbonyl (C=O) groups is 3. The van der Waals surface area contributed by atoms with Gasteiger partial charge in [-0.05, 0) is 89.6 Å². The molecule has 0 radical (unpaired) electrons. The second kappa shape index (κ2) is 25.4. The van der Waals surface area contributed by atoms with Gasteiger partial charge in [-0.3, -0.25) is 14.4 Å². The Hall–Kier alpha value is -4.57. The minimum Gasteiger partial charge on any atom is -0.508 e. The molecule has 0 heterocycles. The molecule has 52 heavy (non-hydrogen) atoms. The third-order valence-corrected chi connectivity index (χ3v) is 8.18. The summed E-state index contributed by atoms with van der Waals surface area (Å²) in [5.74, 6) is -1.86. The SMILES string of the molecule is COC(/C(C)=C/C=C/C=C(C)/C=C/CC(O)CC(=O)/C=C/C=C(C)/C=C/C(C)NC(=O)C(C)C/C=C/CC(O)Cc1ccc(O)cc1)C(C)C(=O)O. The maximum atomic E-state index is 12.6. The van der Waals surface area contributed by atoms with Crippen molar-refractivity contribution in [2.45, 2.75) is 98.0 Å². The van der Waals surface area contributed by atoms with Crippen LogP contribution in [0.2, 0.25) is 0 Å². The van der Waals surface area contributed by atoms with E-state index < -0.39 is 30.2 Å². The van der Waals surface area contributed by atoms with E-state index in [4.69, 9.17) is 4.74 Å². The third kappa shape index (κ3) is 20.3. The Morgan fingerprint density at radius 3 is 2.04 bits per heavy atom. The van der Waals surface area contributed by atoms with Crippen LogP contribution >= 0.6 is 0 Å². The van der Waals surface area contributed by atoms with E-state index in [1.54, 1.807) is 43.3 Å². The van der Waals surface area contributed by atoms with Gasteiger partial charge in [0.15, 0.2) is 5.78 Å². The van der Waals surface area contributed by atoms with Gasteiger partial charge in [0.25, 0.3) is 0 Å². The molecule has 9 nitrogen and oxygen atoms in total. The van der Waals surface area contributed by atoms with Gasteiger partial charge in [-0.25, -0.2) is 0 Å². The predicted octanol–water partition coefficient (Wildman–Crippen LogP) is 7.28. The van der Waals surface area contributed by atoms with Gasteiger partial charge in [0.05, 0.1) is 24.2 Å². The molecule has 1 amide bonds. The van der Waals surface area contributed by atoms with Crippen molar-refractivity contribution < 1.29 is 39.5 Å². The number of aliphatic hydroxyl groups is 2. The molecule has 1 aromatic rings. The van der Waals surface area contributed by atoms with Crippen LogP contribution < -0.4 is 5.32 Å². The highest BCUT2D eigenvalue weighted by Gasteiger charge is 2.24. The molecule has 0 aliphatic heterocycles. The third-order valence-electron chi connectivity index (χ3n) is 8.18. The van der Waals surface area contributed by atoms with Gasteiger partial charge in [-0.2, -0.15) is 0 Å². The first kappa shape index (κ1) is 45.5. The summed E-state index contributed by atoms with van der Waals surface area (Å²) in [6.07, 6.45) is 23.5. The topological polar surface area (TPSA) is 153 Å². The number of phenols is 1. The maximum absolute atomic E-state index is 12.6. The van der Waals surface area contributed by atoms with Crippen LogP contribution in [0.15, 0.2) is 120 Å². The van der Waals surface area contributed by atoms with Crippen molar-refractivity contribution in [1.82, 2.24) is 5.32 Å². The number of carbonyl (C=O) groups excluding carboxylic acids is 2. The van der Waals surface area contributed by atoms with E-state index in [0.29, 0.717) is 25.7 Å². The molecule has 1 rings (SSSR count). The van der Waals surface area contributed by atoms with E-state index in [-0.39, 0.29) is 35.8 Å². The maximum Gasteiger partial charge on any atom is 0.309 e. The zero-order valence-corrected chi connectivity index (χ0v) is 31.7. The lowest BCUT2D eigenvalue weighted by Crippen LogP contribution is -2.35. The highest BCUT2D eigenvalue weighted by Crippen LogP contribution is 2.17. The Morgan fingerprint density at radius 1 is 0.788 bits per heavy atom. The number of aliphatic hydroxyl groups excluding tert-OH is 2. The number of hydrogen-bond acceptors (Lipinski definition) is 7. The van der Waals surface area contributed by atoms with Crippen molar-refractivity contribution in [1.29, 1.82) is 0 Å². The Labute approximate surface area is 310 Å². The van der Waals surface area contributed by atoms with E-state index in [0.717, 1.165) is 22.3 Å². The lowest BCUT2D eigenvalue weighted by Gasteiger charge is -2.19. The van der Waals surface area contributed by atoms with Crippen LogP contribution in [0.4, 0.5) is 0 Å². The molecule has 0 aliphatic carbocycles. The number of hydrogen-bond donors (Lipinski definition) is 5. The molecule has 6 atom stereocenters. The quantitative estimate of drug-likeness (QED) is 0.0450. The molecule has 0 bridgehead atoms. The second-order valence-electron chi connectivity index (χ2n) is 13.2. The Kier molecular flexibility index (Phi) is 22.2. The fourth-order valence-electron chi connectivity index (χ4n) is 5.00. The average molecular weight is 718 g/mol. The zero-order chi connectivity index (χ0) is 39.1. The summed E-state index contributed by atoms with van der Waals surface area (Å²) < 4.78 is 5.32. The summed E-state index contributed by atoms with van der Waals surface area (Å²) in [6.45, 7) is 11.0. The number of carboxylic acids is 1. The Morgan fingerprint density at radius 2 is 1.38 bits per heavy atom. The number of ketones is 1. The molecular formula is C43H59NO8. The van der Waals surface area contributed by atoms with Gasteiger partial charge in [0.2, 0.25) is 5.91 Å². The molecule has 9 heteroatoms. The smallest absolute Gasteiger partial charge is 0.309 e. The van der Waals surface area contributed by atoms with Crippen molar-refractivity contribution in [3.05, 3.63) is 126 Å². The molecule has 0 spiro atoms. The van der Waals surface area contributed by atoms with Crippen LogP contribution in [0.5, 0.6) is 5.75 Å². The van der Waals surface area contributed by atoms with Gasteiger partial charge < -0.3 is 30.5 Å². The minimum atomic E-state index is -0.916. The van der Waals surface area contributed by atoms with E-state index in [1.807, 2.05) is 95.4 Å². The monoisotopic (exact) mass is 717 g/mol. The van der Waals surface area contributed by atoms with E-state index in [1.165, 1.54) is 13.2 Å². The number of benzene rings is 1. The van der Waals surface area contributed by atoms with Crippen molar-refractivity contribution in [2.75, 3.05) is 7.11 Å². The Bertz CT molecular complexity index is 1510. The molecule has 6 unspecified atom stereocenters. The number of phenolic OH excluding ortho intramolecular Hbond substituents is 1. The summed E-state index contributed by atoms with van der Waals surface area (Å²) in [6, 6.07) is 6.57. The lowest BCUT2D eigenvalue weighted by atomic mass is 9.98. The number of aliphatic carboxylic acids is 1. The molecule has 1 aromatic carbocycles. The van der Waals surface area contributed by atoms with Crippen LogP contribution in [-0.2, 0) is 25.5 Å². The molecule has 0 saturated carbocycles. The molecule has 0 fully saturated rings. The fraction of sp³-hybridized carbons (Fsp3) is 0.419. The lowest BCUT2D eigenvalue weighted by molar-refractivity contribution is -0.144. The van der Waals surface area contributed by atoms with Crippen LogP contribution in [0.25, 0.3) is 0 Å². The molecule has 0 aromatic heterocycles. The van der Waals surface area contributed by atoms with E-state index >= 15 is 0 Å². The molecular weight excluding hydrogens is 658 g/mol. The summed E-state index contributed by atoms with van der Waals surface area (Å²) in [7, 11) is 1.49. The first-order valence-corrected chi connectivity index (χ1v) is 17.7. The second-order valence-corrected chi connectivity index (χ2v) is 13.2. The van der Waals surface area contributed by atoms with Gasteiger partial charge >= 0.3 is 5.97 Å². The van der Waals surface area contributed by atoms with Gasteiger partial charge in [0.1, 0.15) is 5.75 Å². The average Bonchev–Trinajstić information content (AvgIpc) is 3.08. The minimum absolute atomic E-state index is 0.00254. The van der Waals surface area contributed by atoms with E-state index in [9.17, 15) is 34.8 Å². The molecule has 0 aliphatic rings. The Balaban J connectivity index is 2.43. The van der Waals surface area contributed by atoms with Gasteiger partial charge in [-0.1, -0.05) is 103 Å². The largest absolute Gasteiger partial charge is 0.508 e. The number of rotatable bonds is 23. The fourth-order valence-corrected chi connectivity index (χ4v) is 5.00. The predicted molar refractivity (Wildman–Crippen MR) is 209 cm³/mol. The number of carboxylic acid groups (broad SMARTS) is 1. The molecule has 5 N–H and O–H groups in total. The summed E-state index contributed by atoms with van der Waals surface area (Å²) in [4.78, 5) is 36.2. The normalized spacial score (nSPS) is 16.9. The zero-order valence-electron chi connectivity index (χ0n) is 31.7. The van der Waals surface area contributed by atoms with Crippen LogP contribution in [0.3, 0.4) is 0 Å². The molecule has 0 saturated heterocycles. The van der Waals surface area contributed by atoms with Crippen LogP contribution in [-0.4, -0.2) is 69.5 Å². The summed E-state index contributed by atoms with van der Waals surface area (Å²) in [5, 5.41) is 42.1. The summed E-state index contributed by atoms with van der Waals surface area (Å²) in [5.41, 5.74) is 3.59. The first-order valence-electron chi connectivity index (χ1n) is 17.7. The highest BCUT2D eigenvalue weighted by molar-refractivity contribution is 5.90. The number of methoxy groups -OCH3 is 1.